The molecular weight excluding hydrogens is 288 g/mol. The van der Waals surface area contributed by atoms with Crippen molar-refractivity contribution in [3.05, 3.63) is 42.0 Å². The Kier molecular flexibility index (Phi) is 5.13. The molecule has 2 amide bonds. The Morgan fingerprint density at radius 1 is 1.41 bits per heavy atom. The van der Waals surface area contributed by atoms with Crippen molar-refractivity contribution in [3.8, 4) is 5.75 Å². The lowest BCUT2D eigenvalue weighted by Gasteiger charge is -2.27. The summed E-state index contributed by atoms with van der Waals surface area (Å²) in [5.74, 6) is -0.318. The predicted octanol–water partition coefficient (Wildman–Crippen LogP) is 0.846. The molecule has 0 aromatic heterocycles. The second kappa shape index (κ2) is 7.26. The maximum absolute atomic E-state index is 11.8. The number of nitrogens with zero attached hydrogens (tertiary/aromatic N) is 1. The Balaban J connectivity index is 1.83. The van der Waals surface area contributed by atoms with Gasteiger partial charge in [-0.25, -0.2) is 9.59 Å². The normalized spacial score (nSPS) is 13.5. The van der Waals surface area contributed by atoms with Crippen molar-refractivity contribution >= 4 is 18.0 Å². The zero-order valence-corrected chi connectivity index (χ0v) is 12.1. The van der Waals surface area contributed by atoms with Crippen LogP contribution in [0.4, 0.5) is 4.79 Å². The Hall–Kier alpha value is -2.83. The van der Waals surface area contributed by atoms with Crippen LogP contribution >= 0.6 is 0 Å². The van der Waals surface area contributed by atoms with Crippen LogP contribution in [0, 0.1) is 0 Å². The minimum Gasteiger partial charge on any atom is -0.466 e. The molecule has 22 heavy (non-hydrogen) atoms. The molecule has 0 aliphatic carbocycles. The number of benzene rings is 1. The third-order valence-corrected chi connectivity index (χ3v) is 3.00. The maximum atomic E-state index is 11.8. The third-order valence-electron chi connectivity index (χ3n) is 3.00. The largest absolute Gasteiger partial charge is 0.466 e. The lowest BCUT2D eigenvalue weighted by Crippen LogP contribution is -2.43. The molecule has 1 aromatic rings. The second-order valence-corrected chi connectivity index (χ2v) is 4.56. The highest BCUT2D eigenvalue weighted by Gasteiger charge is 2.25. The molecule has 1 heterocycles. The van der Waals surface area contributed by atoms with Crippen molar-refractivity contribution in [2.45, 2.75) is 6.54 Å². The number of methoxy groups -OCH3 is 1. The molecule has 0 atom stereocenters. The van der Waals surface area contributed by atoms with Crippen LogP contribution in [-0.2, 0) is 20.9 Å². The Morgan fingerprint density at radius 2 is 2.18 bits per heavy atom. The van der Waals surface area contributed by atoms with Crippen LogP contribution in [0.3, 0.4) is 0 Å². The topological polar surface area (TPSA) is 84.9 Å². The van der Waals surface area contributed by atoms with E-state index in [1.807, 2.05) is 12.1 Å². The fourth-order valence-electron chi connectivity index (χ4n) is 1.91. The smallest absolute Gasteiger partial charge is 0.416 e. The summed E-state index contributed by atoms with van der Waals surface area (Å²) >= 11 is 0. The number of fused-ring (bicyclic) bond motifs is 1. The van der Waals surface area contributed by atoms with Gasteiger partial charge in [0.2, 0.25) is 5.91 Å². The summed E-state index contributed by atoms with van der Waals surface area (Å²) in [6.45, 7) is 0.382. The van der Waals surface area contributed by atoms with Crippen LogP contribution in [0.25, 0.3) is 0 Å². The second-order valence-electron chi connectivity index (χ2n) is 4.56. The average molecular weight is 304 g/mol. The average Bonchev–Trinajstić information content (AvgIpc) is 2.52. The minimum absolute atomic E-state index is 0.112. The molecule has 1 aliphatic rings. The molecule has 2 rings (SSSR count). The predicted molar refractivity (Wildman–Crippen MR) is 77.0 cm³/mol. The molecule has 7 nitrogen and oxygen atoms in total. The summed E-state index contributed by atoms with van der Waals surface area (Å²) in [5.41, 5.74) is 0.848. The summed E-state index contributed by atoms with van der Waals surface area (Å²) in [6, 6.07) is 7.17. The van der Waals surface area contributed by atoms with E-state index in [0.717, 1.165) is 5.56 Å². The number of esters is 1. The molecule has 1 N–H and O–H groups in total. The van der Waals surface area contributed by atoms with E-state index in [2.05, 4.69) is 10.1 Å². The van der Waals surface area contributed by atoms with Crippen molar-refractivity contribution in [2.24, 2.45) is 0 Å². The molecule has 116 valence electrons. The number of ether oxygens (including phenoxy) is 2. The summed E-state index contributed by atoms with van der Waals surface area (Å²) < 4.78 is 9.57. The van der Waals surface area contributed by atoms with E-state index in [1.165, 1.54) is 24.2 Å². The van der Waals surface area contributed by atoms with Gasteiger partial charge in [0, 0.05) is 18.2 Å². The maximum Gasteiger partial charge on any atom is 0.416 e. The summed E-state index contributed by atoms with van der Waals surface area (Å²) in [6.07, 6.45) is 2.12. The van der Waals surface area contributed by atoms with E-state index in [9.17, 15) is 14.4 Å². The molecule has 0 saturated heterocycles. The number of carbonyl (C=O) groups excluding carboxylic acids is 3. The van der Waals surface area contributed by atoms with Gasteiger partial charge in [0.25, 0.3) is 0 Å². The number of rotatable bonds is 5. The summed E-state index contributed by atoms with van der Waals surface area (Å²) in [7, 11) is 1.27. The van der Waals surface area contributed by atoms with Crippen LogP contribution in [-0.4, -0.2) is 43.1 Å². The van der Waals surface area contributed by atoms with Crippen molar-refractivity contribution in [1.29, 1.82) is 0 Å². The van der Waals surface area contributed by atoms with Gasteiger partial charge in [0.05, 0.1) is 13.7 Å². The summed E-state index contributed by atoms with van der Waals surface area (Å²) in [4.78, 5) is 35.7. The van der Waals surface area contributed by atoms with Gasteiger partial charge in [0.1, 0.15) is 12.3 Å². The molecule has 0 radical (unpaired) electrons. The molecule has 0 unspecified atom stereocenters. The van der Waals surface area contributed by atoms with Crippen molar-refractivity contribution in [1.82, 2.24) is 10.2 Å². The van der Waals surface area contributed by atoms with E-state index in [-0.39, 0.29) is 19.0 Å². The Bertz CT molecular complexity index is 612. The monoisotopic (exact) mass is 304 g/mol. The molecule has 1 aromatic carbocycles. The number of amides is 2. The van der Waals surface area contributed by atoms with Crippen LogP contribution in [0.1, 0.15) is 5.56 Å². The Labute approximate surface area is 127 Å². The van der Waals surface area contributed by atoms with Gasteiger partial charge < -0.3 is 14.8 Å². The van der Waals surface area contributed by atoms with Gasteiger partial charge in [-0.2, -0.15) is 0 Å². The summed E-state index contributed by atoms with van der Waals surface area (Å²) in [5, 5.41) is 2.57. The molecule has 0 fully saturated rings. The molecule has 0 saturated carbocycles. The van der Waals surface area contributed by atoms with Gasteiger partial charge in [-0.05, 0) is 6.07 Å². The lowest BCUT2D eigenvalue weighted by atomic mass is 10.1. The van der Waals surface area contributed by atoms with Crippen LogP contribution in [0.2, 0.25) is 0 Å². The fraction of sp³-hybridized carbons (Fsp3) is 0.267. The number of hydrogen-bond donors (Lipinski definition) is 1. The van der Waals surface area contributed by atoms with Crippen molar-refractivity contribution in [3.63, 3.8) is 0 Å². The molecule has 1 aliphatic heterocycles. The van der Waals surface area contributed by atoms with E-state index in [1.54, 1.807) is 12.1 Å². The highest BCUT2D eigenvalue weighted by Crippen LogP contribution is 2.24. The first-order chi connectivity index (χ1) is 10.6. The van der Waals surface area contributed by atoms with Crippen LogP contribution in [0.5, 0.6) is 5.75 Å². The van der Waals surface area contributed by atoms with E-state index in [0.29, 0.717) is 12.3 Å². The highest BCUT2D eigenvalue weighted by atomic mass is 16.6. The molecular formula is C15H16N2O5. The number of nitrogens with one attached hydrogen (secondary N) is 1. The van der Waals surface area contributed by atoms with Gasteiger partial charge in [-0.1, -0.05) is 24.3 Å². The van der Waals surface area contributed by atoms with E-state index >= 15 is 0 Å². The van der Waals surface area contributed by atoms with E-state index < -0.39 is 12.1 Å². The first kappa shape index (κ1) is 15.6. The van der Waals surface area contributed by atoms with Gasteiger partial charge >= 0.3 is 12.1 Å². The highest BCUT2D eigenvalue weighted by molar-refractivity contribution is 5.84. The number of para-hydroxylation sites is 1. The number of hydrogen-bond acceptors (Lipinski definition) is 5. The lowest BCUT2D eigenvalue weighted by molar-refractivity contribution is -0.134. The van der Waals surface area contributed by atoms with Crippen molar-refractivity contribution in [2.75, 3.05) is 20.2 Å². The molecule has 0 bridgehead atoms. The first-order valence-corrected chi connectivity index (χ1v) is 6.66. The van der Waals surface area contributed by atoms with E-state index in [4.69, 9.17) is 4.74 Å². The van der Waals surface area contributed by atoms with Gasteiger partial charge in [-0.15, -0.1) is 0 Å². The quantitative estimate of drug-likeness (QED) is 0.644. The van der Waals surface area contributed by atoms with Crippen molar-refractivity contribution < 1.29 is 23.9 Å². The molecule has 7 heteroatoms. The van der Waals surface area contributed by atoms with Crippen LogP contribution in [0.15, 0.2) is 36.4 Å². The number of carbonyl (C=O) groups is 3. The first-order valence-electron chi connectivity index (χ1n) is 6.66. The third kappa shape index (κ3) is 4.08. The standard InChI is InChI=1S/C15H16N2O5/c1-21-14(19)7-4-8-16-13(18)10-17-9-11-5-2-3-6-12(11)22-15(17)20/h2-7H,8-10H2,1H3,(H,16,18)/b7-4+. The zero-order valence-electron chi connectivity index (χ0n) is 12.1. The minimum atomic E-state index is -0.557. The Morgan fingerprint density at radius 3 is 2.95 bits per heavy atom. The van der Waals surface area contributed by atoms with Crippen LogP contribution < -0.4 is 10.1 Å². The SMILES string of the molecule is COC(=O)/C=C/CNC(=O)CN1Cc2ccccc2OC1=O. The zero-order chi connectivity index (χ0) is 15.9. The van der Waals surface area contributed by atoms with Gasteiger partial charge in [-0.3, -0.25) is 9.69 Å². The van der Waals surface area contributed by atoms with Gasteiger partial charge in [0.15, 0.2) is 0 Å². The molecule has 0 spiro atoms. The fourth-order valence-corrected chi connectivity index (χ4v) is 1.91.